The van der Waals surface area contributed by atoms with E-state index in [4.69, 9.17) is 9.52 Å². The van der Waals surface area contributed by atoms with Crippen LogP contribution in [0.4, 0.5) is 0 Å². The van der Waals surface area contributed by atoms with Crippen LogP contribution in [0, 0.1) is 5.41 Å². The Balaban J connectivity index is 1.76. The smallest absolute Gasteiger partial charge is 0.338 e. The standard InChI is InChI=1S/C13H19NO3/c1-2-3-13(4-5-13)9-14-7-11-6-10(8-17-11)12(15)16/h6,8,14H,2-5,7,9H2,1H3,(H,15,16). The summed E-state index contributed by atoms with van der Waals surface area (Å²) in [7, 11) is 0. The van der Waals surface area contributed by atoms with Gasteiger partial charge in [-0.25, -0.2) is 4.79 Å². The van der Waals surface area contributed by atoms with Crippen LogP contribution in [0.3, 0.4) is 0 Å². The lowest BCUT2D eigenvalue weighted by atomic mass is 10.0. The van der Waals surface area contributed by atoms with Gasteiger partial charge in [-0.05, 0) is 30.7 Å². The summed E-state index contributed by atoms with van der Waals surface area (Å²) in [6, 6.07) is 1.58. The summed E-state index contributed by atoms with van der Waals surface area (Å²) < 4.78 is 5.18. The van der Waals surface area contributed by atoms with Crippen molar-refractivity contribution in [1.29, 1.82) is 0 Å². The summed E-state index contributed by atoms with van der Waals surface area (Å²) in [5.74, 6) is -0.251. The fourth-order valence-corrected chi connectivity index (χ4v) is 2.26. The van der Waals surface area contributed by atoms with Crippen LogP contribution in [-0.2, 0) is 6.54 Å². The van der Waals surface area contributed by atoms with Gasteiger partial charge in [0.05, 0.1) is 12.1 Å². The van der Waals surface area contributed by atoms with E-state index < -0.39 is 5.97 Å². The third-order valence-corrected chi connectivity index (χ3v) is 3.44. The topological polar surface area (TPSA) is 62.5 Å². The van der Waals surface area contributed by atoms with Gasteiger partial charge in [-0.3, -0.25) is 0 Å². The number of hydrogen-bond donors (Lipinski definition) is 2. The molecule has 1 fully saturated rings. The molecule has 0 unspecified atom stereocenters. The average Bonchev–Trinajstić information content (AvgIpc) is 2.88. The molecule has 2 N–H and O–H groups in total. The van der Waals surface area contributed by atoms with Crippen LogP contribution in [0.15, 0.2) is 16.7 Å². The summed E-state index contributed by atoms with van der Waals surface area (Å²) in [4.78, 5) is 10.7. The van der Waals surface area contributed by atoms with Gasteiger partial charge in [0, 0.05) is 6.54 Å². The first-order valence-electron chi connectivity index (χ1n) is 6.17. The minimum atomic E-state index is -0.940. The lowest BCUT2D eigenvalue weighted by Crippen LogP contribution is -2.23. The maximum atomic E-state index is 10.7. The van der Waals surface area contributed by atoms with E-state index in [2.05, 4.69) is 12.2 Å². The molecule has 1 aromatic heterocycles. The Labute approximate surface area is 101 Å². The monoisotopic (exact) mass is 237 g/mol. The second-order valence-corrected chi connectivity index (χ2v) is 4.96. The van der Waals surface area contributed by atoms with Crippen molar-refractivity contribution in [2.24, 2.45) is 5.41 Å². The van der Waals surface area contributed by atoms with Gasteiger partial charge in [0.1, 0.15) is 12.0 Å². The van der Waals surface area contributed by atoms with Gasteiger partial charge in [-0.15, -0.1) is 0 Å². The molecule has 4 nitrogen and oxygen atoms in total. The fraction of sp³-hybridized carbons (Fsp3) is 0.615. The second kappa shape index (κ2) is 4.92. The van der Waals surface area contributed by atoms with Gasteiger partial charge in [0.2, 0.25) is 0 Å². The number of furan rings is 1. The third-order valence-electron chi connectivity index (χ3n) is 3.44. The summed E-state index contributed by atoms with van der Waals surface area (Å²) in [6.07, 6.45) is 6.42. The van der Waals surface area contributed by atoms with E-state index >= 15 is 0 Å². The number of carboxylic acid groups (broad SMARTS) is 1. The van der Waals surface area contributed by atoms with Crippen molar-refractivity contribution in [3.63, 3.8) is 0 Å². The first-order chi connectivity index (χ1) is 8.15. The number of aromatic carboxylic acids is 1. The molecule has 1 heterocycles. The zero-order chi connectivity index (χ0) is 12.3. The summed E-state index contributed by atoms with van der Waals surface area (Å²) in [6.45, 7) is 3.83. The Morgan fingerprint density at radius 3 is 2.88 bits per heavy atom. The van der Waals surface area contributed by atoms with E-state index in [9.17, 15) is 4.79 Å². The molecule has 0 bridgehead atoms. The molecule has 1 saturated carbocycles. The second-order valence-electron chi connectivity index (χ2n) is 4.96. The van der Waals surface area contributed by atoms with E-state index in [0.717, 1.165) is 6.54 Å². The minimum Gasteiger partial charge on any atom is -0.478 e. The summed E-state index contributed by atoms with van der Waals surface area (Å²) >= 11 is 0. The molecule has 0 saturated heterocycles. The molecule has 0 aromatic carbocycles. The van der Waals surface area contributed by atoms with E-state index in [1.54, 1.807) is 6.07 Å². The number of carboxylic acids is 1. The number of carbonyl (C=O) groups is 1. The van der Waals surface area contributed by atoms with Gasteiger partial charge >= 0.3 is 5.97 Å². The third kappa shape index (κ3) is 3.09. The highest BCUT2D eigenvalue weighted by molar-refractivity contribution is 5.87. The van der Waals surface area contributed by atoms with E-state index in [-0.39, 0.29) is 5.56 Å². The van der Waals surface area contributed by atoms with Crippen molar-refractivity contribution < 1.29 is 14.3 Å². The highest BCUT2D eigenvalue weighted by atomic mass is 16.4. The van der Waals surface area contributed by atoms with Gasteiger partial charge in [0.25, 0.3) is 0 Å². The SMILES string of the molecule is CCCC1(CNCc2cc(C(=O)O)co2)CC1. The van der Waals surface area contributed by atoms with Crippen LogP contribution in [0.5, 0.6) is 0 Å². The minimum absolute atomic E-state index is 0.219. The Hall–Kier alpha value is -1.29. The van der Waals surface area contributed by atoms with Crippen LogP contribution >= 0.6 is 0 Å². The Morgan fingerprint density at radius 2 is 2.35 bits per heavy atom. The van der Waals surface area contributed by atoms with Gasteiger partial charge in [-0.2, -0.15) is 0 Å². The summed E-state index contributed by atoms with van der Waals surface area (Å²) in [5, 5.41) is 12.1. The molecule has 94 valence electrons. The van der Waals surface area contributed by atoms with Gasteiger partial charge < -0.3 is 14.8 Å². The van der Waals surface area contributed by atoms with E-state index in [0.29, 0.717) is 17.7 Å². The number of rotatable bonds is 7. The lowest BCUT2D eigenvalue weighted by Gasteiger charge is -2.13. The molecular weight excluding hydrogens is 218 g/mol. The molecule has 2 rings (SSSR count). The van der Waals surface area contributed by atoms with Crippen molar-refractivity contribution in [3.8, 4) is 0 Å². The zero-order valence-electron chi connectivity index (χ0n) is 10.2. The molecule has 1 aromatic rings. The Kier molecular flexibility index (Phi) is 3.52. The highest BCUT2D eigenvalue weighted by Gasteiger charge is 2.40. The van der Waals surface area contributed by atoms with Crippen LogP contribution in [-0.4, -0.2) is 17.6 Å². The molecule has 17 heavy (non-hydrogen) atoms. The van der Waals surface area contributed by atoms with Crippen molar-refractivity contribution in [2.45, 2.75) is 39.2 Å². The van der Waals surface area contributed by atoms with E-state index in [1.165, 1.54) is 31.9 Å². The normalized spacial score (nSPS) is 17.0. The molecule has 0 spiro atoms. The molecule has 0 atom stereocenters. The van der Waals surface area contributed by atoms with Crippen LogP contribution in [0.25, 0.3) is 0 Å². The Bertz CT molecular complexity index is 393. The first kappa shape index (κ1) is 12.2. The quantitative estimate of drug-likeness (QED) is 0.765. The van der Waals surface area contributed by atoms with Gasteiger partial charge in [-0.1, -0.05) is 13.3 Å². The van der Waals surface area contributed by atoms with Gasteiger partial charge in [0.15, 0.2) is 0 Å². The highest BCUT2D eigenvalue weighted by Crippen LogP contribution is 2.48. The number of nitrogens with one attached hydrogen (secondary N) is 1. The molecule has 1 aliphatic carbocycles. The molecule has 4 heteroatoms. The molecular formula is C13H19NO3. The average molecular weight is 237 g/mol. The maximum absolute atomic E-state index is 10.7. The first-order valence-corrected chi connectivity index (χ1v) is 6.17. The van der Waals surface area contributed by atoms with Crippen LogP contribution in [0.1, 0.15) is 48.7 Å². The fourth-order valence-electron chi connectivity index (χ4n) is 2.26. The zero-order valence-corrected chi connectivity index (χ0v) is 10.2. The van der Waals surface area contributed by atoms with Crippen molar-refractivity contribution >= 4 is 5.97 Å². The Morgan fingerprint density at radius 1 is 1.59 bits per heavy atom. The lowest BCUT2D eigenvalue weighted by molar-refractivity contribution is 0.0696. The van der Waals surface area contributed by atoms with Crippen molar-refractivity contribution in [2.75, 3.05) is 6.54 Å². The predicted molar refractivity (Wildman–Crippen MR) is 63.9 cm³/mol. The maximum Gasteiger partial charge on any atom is 0.338 e. The molecule has 0 aliphatic heterocycles. The number of hydrogen-bond acceptors (Lipinski definition) is 3. The summed E-state index contributed by atoms with van der Waals surface area (Å²) in [5.41, 5.74) is 0.730. The van der Waals surface area contributed by atoms with Crippen molar-refractivity contribution in [1.82, 2.24) is 5.32 Å². The molecule has 0 amide bonds. The molecule has 0 radical (unpaired) electrons. The predicted octanol–water partition coefficient (Wildman–Crippen LogP) is 2.65. The van der Waals surface area contributed by atoms with Crippen LogP contribution < -0.4 is 5.32 Å². The van der Waals surface area contributed by atoms with E-state index in [1.807, 2.05) is 0 Å². The van der Waals surface area contributed by atoms with Crippen LogP contribution in [0.2, 0.25) is 0 Å². The molecule has 1 aliphatic rings. The van der Waals surface area contributed by atoms with Crippen molar-refractivity contribution in [3.05, 3.63) is 23.7 Å². The largest absolute Gasteiger partial charge is 0.478 e.